The molecule has 0 saturated heterocycles. The van der Waals surface area contributed by atoms with Crippen molar-refractivity contribution < 1.29 is 4.79 Å². The highest BCUT2D eigenvalue weighted by atomic mass is 32.1. The van der Waals surface area contributed by atoms with Gasteiger partial charge in [0.15, 0.2) is 0 Å². The zero-order chi connectivity index (χ0) is 16.1. The van der Waals surface area contributed by atoms with Crippen molar-refractivity contribution in [2.45, 2.75) is 53.5 Å². The van der Waals surface area contributed by atoms with Crippen LogP contribution in [0.25, 0.3) is 0 Å². The van der Waals surface area contributed by atoms with Crippen molar-refractivity contribution in [3.05, 3.63) is 33.0 Å². The van der Waals surface area contributed by atoms with Crippen molar-refractivity contribution in [1.29, 1.82) is 0 Å². The first-order valence-electron chi connectivity index (χ1n) is 7.71. The first kappa shape index (κ1) is 16.7. The van der Waals surface area contributed by atoms with Crippen LogP contribution in [0.2, 0.25) is 0 Å². The van der Waals surface area contributed by atoms with E-state index in [0.29, 0.717) is 13.0 Å². The van der Waals surface area contributed by atoms with E-state index in [-0.39, 0.29) is 5.91 Å². The van der Waals surface area contributed by atoms with E-state index >= 15 is 0 Å². The largest absolute Gasteiger partial charge is 0.356 e. The summed E-state index contributed by atoms with van der Waals surface area (Å²) in [5.74, 6) is 0.103. The van der Waals surface area contributed by atoms with Crippen LogP contribution in [0.5, 0.6) is 0 Å². The van der Waals surface area contributed by atoms with Crippen LogP contribution in [-0.4, -0.2) is 27.2 Å². The van der Waals surface area contributed by atoms with Crippen LogP contribution in [0, 0.1) is 20.8 Å². The molecule has 0 aliphatic heterocycles. The van der Waals surface area contributed by atoms with Gasteiger partial charge in [0.25, 0.3) is 0 Å². The second kappa shape index (κ2) is 7.54. The molecule has 0 radical (unpaired) electrons. The van der Waals surface area contributed by atoms with Gasteiger partial charge in [0, 0.05) is 30.1 Å². The number of nitrogens with one attached hydrogen (secondary N) is 1. The summed E-state index contributed by atoms with van der Waals surface area (Å²) >= 11 is 1.62. The molecule has 1 amide bonds. The lowest BCUT2D eigenvalue weighted by atomic mass is 10.1. The third kappa shape index (κ3) is 3.94. The van der Waals surface area contributed by atoms with Gasteiger partial charge in [-0.25, -0.2) is 4.98 Å². The zero-order valence-electron chi connectivity index (χ0n) is 13.8. The van der Waals surface area contributed by atoms with Crippen LogP contribution < -0.4 is 5.32 Å². The highest BCUT2D eigenvalue weighted by Gasteiger charge is 2.11. The minimum atomic E-state index is 0.103. The van der Waals surface area contributed by atoms with E-state index in [2.05, 4.69) is 29.2 Å². The minimum absolute atomic E-state index is 0.103. The topological polar surface area (TPSA) is 59.8 Å². The summed E-state index contributed by atoms with van der Waals surface area (Å²) in [5, 5.41) is 7.51. The van der Waals surface area contributed by atoms with E-state index in [4.69, 9.17) is 0 Å². The first-order valence-corrected chi connectivity index (χ1v) is 8.59. The molecule has 22 heavy (non-hydrogen) atoms. The second-order valence-corrected chi connectivity index (χ2v) is 6.37. The predicted octanol–water partition coefficient (Wildman–Crippen LogP) is 2.58. The van der Waals surface area contributed by atoms with Gasteiger partial charge in [-0.3, -0.25) is 9.48 Å². The number of carbonyl (C=O) groups excluding carboxylic acids is 1. The molecule has 120 valence electrons. The molecule has 2 aromatic rings. The molecule has 0 bridgehead atoms. The lowest BCUT2D eigenvalue weighted by molar-refractivity contribution is -0.121. The number of carbonyl (C=O) groups is 1. The quantitative estimate of drug-likeness (QED) is 0.853. The molecule has 0 spiro atoms. The van der Waals surface area contributed by atoms with Crippen molar-refractivity contribution in [1.82, 2.24) is 20.1 Å². The van der Waals surface area contributed by atoms with E-state index in [1.165, 1.54) is 16.1 Å². The molecule has 0 unspecified atom stereocenters. The van der Waals surface area contributed by atoms with Gasteiger partial charge < -0.3 is 5.32 Å². The monoisotopic (exact) mass is 320 g/mol. The van der Waals surface area contributed by atoms with Gasteiger partial charge in [0.1, 0.15) is 0 Å². The number of aryl methyl sites for hydroxylation is 4. The van der Waals surface area contributed by atoms with Crippen LogP contribution >= 0.6 is 11.3 Å². The van der Waals surface area contributed by atoms with Crippen LogP contribution in [0.1, 0.15) is 40.9 Å². The average Bonchev–Trinajstić information content (AvgIpc) is 3.02. The molecule has 0 atom stereocenters. The molecule has 0 aliphatic rings. The van der Waals surface area contributed by atoms with Gasteiger partial charge in [-0.1, -0.05) is 0 Å². The van der Waals surface area contributed by atoms with Crippen LogP contribution in [-0.2, 0) is 24.2 Å². The van der Waals surface area contributed by atoms with Crippen molar-refractivity contribution in [2.24, 2.45) is 0 Å². The van der Waals surface area contributed by atoms with E-state index in [0.717, 1.165) is 30.8 Å². The maximum absolute atomic E-state index is 11.9. The summed E-state index contributed by atoms with van der Waals surface area (Å²) in [4.78, 5) is 17.3. The Bertz CT molecular complexity index is 645. The maximum atomic E-state index is 11.9. The van der Waals surface area contributed by atoms with E-state index in [1.54, 1.807) is 11.3 Å². The molecule has 2 rings (SSSR count). The second-order valence-electron chi connectivity index (χ2n) is 5.43. The number of rotatable bonds is 7. The van der Waals surface area contributed by atoms with Crippen LogP contribution in [0.4, 0.5) is 0 Å². The maximum Gasteiger partial charge on any atom is 0.220 e. The Labute approximate surface area is 135 Å². The Morgan fingerprint density at radius 3 is 2.64 bits per heavy atom. The molecular weight excluding hydrogens is 296 g/mol. The molecular formula is C16H24N4OS. The van der Waals surface area contributed by atoms with Crippen molar-refractivity contribution in [3.8, 4) is 0 Å². The summed E-state index contributed by atoms with van der Waals surface area (Å²) in [6, 6.07) is 0. The minimum Gasteiger partial charge on any atom is -0.356 e. The molecule has 2 aromatic heterocycles. The highest BCUT2D eigenvalue weighted by molar-refractivity contribution is 7.09. The number of thiazole rings is 1. The molecule has 0 aromatic carbocycles. The fraction of sp³-hybridized carbons (Fsp3) is 0.562. The van der Waals surface area contributed by atoms with Gasteiger partial charge in [0.05, 0.1) is 16.9 Å². The number of hydrogen-bond acceptors (Lipinski definition) is 4. The average molecular weight is 320 g/mol. The lowest BCUT2D eigenvalue weighted by Gasteiger charge is -2.06. The van der Waals surface area contributed by atoms with Crippen LogP contribution in [0.3, 0.4) is 0 Å². The molecule has 6 heteroatoms. The lowest BCUT2D eigenvalue weighted by Crippen LogP contribution is -2.26. The Kier molecular flexibility index (Phi) is 5.71. The number of aromatic nitrogens is 3. The standard InChI is InChI=1S/C16H24N4OS/c1-5-20-13(4)14(11(2)19-20)8-9-17-16(21)7-6-15-12(3)18-10-22-15/h10H,5-9H2,1-4H3,(H,17,21). The molecule has 0 aliphatic carbocycles. The van der Waals surface area contributed by atoms with Crippen molar-refractivity contribution in [3.63, 3.8) is 0 Å². The summed E-state index contributed by atoms with van der Waals surface area (Å²) < 4.78 is 2.01. The summed E-state index contributed by atoms with van der Waals surface area (Å²) in [5.41, 5.74) is 6.39. The third-order valence-corrected chi connectivity index (χ3v) is 4.95. The fourth-order valence-corrected chi connectivity index (χ4v) is 3.39. The van der Waals surface area contributed by atoms with Gasteiger partial charge in [-0.05, 0) is 46.1 Å². The van der Waals surface area contributed by atoms with Gasteiger partial charge in [-0.2, -0.15) is 5.10 Å². The number of amides is 1. The Morgan fingerprint density at radius 2 is 2.05 bits per heavy atom. The molecule has 5 nitrogen and oxygen atoms in total. The SMILES string of the molecule is CCn1nc(C)c(CCNC(=O)CCc2scnc2C)c1C. The Morgan fingerprint density at radius 1 is 1.27 bits per heavy atom. The van der Waals surface area contributed by atoms with Gasteiger partial charge in [0.2, 0.25) is 5.91 Å². The fourth-order valence-electron chi connectivity index (χ4n) is 2.61. The molecule has 2 heterocycles. The summed E-state index contributed by atoms with van der Waals surface area (Å²) in [6.45, 7) is 9.74. The third-order valence-electron chi connectivity index (χ3n) is 3.95. The van der Waals surface area contributed by atoms with Gasteiger partial charge in [-0.15, -0.1) is 11.3 Å². The first-order chi connectivity index (χ1) is 10.5. The normalized spacial score (nSPS) is 10.9. The van der Waals surface area contributed by atoms with Crippen LogP contribution in [0.15, 0.2) is 5.51 Å². The predicted molar refractivity (Wildman–Crippen MR) is 89.3 cm³/mol. The zero-order valence-corrected chi connectivity index (χ0v) is 14.6. The Balaban J connectivity index is 1.78. The molecule has 0 saturated carbocycles. The Hall–Kier alpha value is -1.69. The van der Waals surface area contributed by atoms with Gasteiger partial charge >= 0.3 is 0 Å². The van der Waals surface area contributed by atoms with Crippen molar-refractivity contribution in [2.75, 3.05) is 6.54 Å². The summed E-state index contributed by atoms with van der Waals surface area (Å²) in [6.07, 6.45) is 2.13. The smallest absolute Gasteiger partial charge is 0.220 e. The number of hydrogen-bond donors (Lipinski definition) is 1. The van der Waals surface area contributed by atoms with Crippen molar-refractivity contribution >= 4 is 17.2 Å². The van der Waals surface area contributed by atoms with E-state index in [1.807, 2.05) is 24.0 Å². The van der Waals surface area contributed by atoms with E-state index in [9.17, 15) is 4.79 Å². The molecule has 0 fully saturated rings. The molecule has 1 N–H and O–H groups in total. The summed E-state index contributed by atoms with van der Waals surface area (Å²) in [7, 11) is 0. The number of nitrogens with zero attached hydrogens (tertiary/aromatic N) is 3. The highest BCUT2D eigenvalue weighted by Crippen LogP contribution is 2.15. The van der Waals surface area contributed by atoms with E-state index < -0.39 is 0 Å².